The van der Waals surface area contributed by atoms with Gasteiger partial charge in [-0.2, -0.15) is 0 Å². The molecule has 0 saturated carbocycles. The predicted molar refractivity (Wildman–Crippen MR) is 65.8 cm³/mol. The lowest BCUT2D eigenvalue weighted by atomic mass is 10.0. The van der Waals surface area contributed by atoms with Gasteiger partial charge in [-0.3, -0.25) is 9.59 Å². The second-order valence-corrected chi connectivity index (χ2v) is 4.15. The average molecular weight is 265 g/mol. The van der Waals surface area contributed by atoms with Gasteiger partial charge in [-0.25, -0.2) is 0 Å². The number of nitrogens with one attached hydrogen (secondary N) is 1. The first-order valence-electron chi connectivity index (χ1n) is 5.83. The number of amides is 1. The summed E-state index contributed by atoms with van der Waals surface area (Å²) in [5.74, 6) is 0.657. The largest absolute Gasteiger partial charge is 0.469 e. The Hall–Kier alpha value is -2.24. The van der Waals surface area contributed by atoms with Crippen LogP contribution in [0.2, 0.25) is 0 Å². The minimum Gasteiger partial charge on any atom is -0.469 e. The molecule has 1 aromatic carbocycles. The van der Waals surface area contributed by atoms with Gasteiger partial charge in [0.2, 0.25) is 12.7 Å². The molecule has 1 aliphatic rings. The normalized spacial score (nSPS) is 13.8. The Labute approximate surface area is 110 Å². The Bertz CT molecular complexity index is 500. The Morgan fingerprint density at radius 1 is 1.37 bits per heavy atom. The molecular weight excluding hydrogens is 250 g/mol. The van der Waals surface area contributed by atoms with Crippen molar-refractivity contribution < 1.29 is 23.8 Å². The summed E-state index contributed by atoms with van der Waals surface area (Å²) in [7, 11) is 1.31. The van der Waals surface area contributed by atoms with E-state index >= 15 is 0 Å². The van der Waals surface area contributed by atoms with Crippen molar-refractivity contribution in [1.82, 2.24) is 5.32 Å². The Morgan fingerprint density at radius 2 is 2.11 bits per heavy atom. The number of rotatable bonds is 4. The van der Waals surface area contributed by atoms with E-state index in [4.69, 9.17) is 9.47 Å². The molecule has 0 saturated heterocycles. The van der Waals surface area contributed by atoms with Gasteiger partial charge in [0.25, 0.3) is 0 Å². The average Bonchev–Trinajstić information content (AvgIpc) is 2.84. The van der Waals surface area contributed by atoms with Gasteiger partial charge in [-0.1, -0.05) is 6.07 Å². The zero-order valence-corrected chi connectivity index (χ0v) is 10.8. The number of benzene rings is 1. The summed E-state index contributed by atoms with van der Waals surface area (Å²) < 4.78 is 15.1. The van der Waals surface area contributed by atoms with Crippen LogP contribution in [-0.4, -0.2) is 25.8 Å². The fraction of sp³-hybridized carbons (Fsp3) is 0.385. The summed E-state index contributed by atoms with van der Waals surface area (Å²) in [5, 5.41) is 2.72. The van der Waals surface area contributed by atoms with Gasteiger partial charge in [0.05, 0.1) is 19.6 Å². The number of hydrogen-bond acceptors (Lipinski definition) is 5. The van der Waals surface area contributed by atoms with E-state index in [1.165, 1.54) is 14.0 Å². The molecule has 0 spiro atoms. The molecule has 1 heterocycles. The van der Waals surface area contributed by atoms with Gasteiger partial charge in [0, 0.05) is 6.92 Å². The second-order valence-electron chi connectivity index (χ2n) is 4.15. The van der Waals surface area contributed by atoms with Crippen LogP contribution in [0.15, 0.2) is 18.2 Å². The van der Waals surface area contributed by atoms with Gasteiger partial charge in [-0.05, 0) is 17.7 Å². The zero-order chi connectivity index (χ0) is 13.8. The van der Waals surface area contributed by atoms with Crippen molar-refractivity contribution in [3.8, 4) is 11.5 Å². The highest BCUT2D eigenvalue weighted by Crippen LogP contribution is 2.34. The lowest BCUT2D eigenvalue weighted by molar-refractivity contribution is -0.141. The molecule has 0 fully saturated rings. The Balaban J connectivity index is 2.21. The molecule has 0 aliphatic carbocycles. The molecule has 6 nitrogen and oxygen atoms in total. The van der Waals surface area contributed by atoms with Crippen LogP contribution in [-0.2, 0) is 14.3 Å². The van der Waals surface area contributed by atoms with E-state index in [0.29, 0.717) is 11.5 Å². The molecular formula is C13H15NO5. The third kappa shape index (κ3) is 3.15. The summed E-state index contributed by atoms with van der Waals surface area (Å²) >= 11 is 0. The van der Waals surface area contributed by atoms with Crippen molar-refractivity contribution in [2.45, 2.75) is 19.4 Å². The van der Waals surface area contributed by atoms with Crippen molar-refractivity contribution in [2.24, 2.45) is 0 Å². The van der Waals surface area contributed by atoms with Crippen LogP contribution in [0.4, 0.5) is 0 Å². The molecule has 0 radical (unpaired) electrons. The number of hydrogen-bond donors (Lipinski definition) is 1. The van der Waals surface area contributed by atoms with Crippen LogP contribution >= 0.6 is 0 Å². The van der Waals surface area contributed by atoms with Crippen molar-refractivity contribution >= 4 is 11.9 Å². The van der Waals surface area contributed by atoms with E-state index in [2.05, 4.69) is 10.1 Å². The summed E-state index contributed by atoms with van der Waals surface area (Å²) in [4.78, 5) is 22.6. The predicted octanol–water partition coefficient (Wildman–Crippen LogP) is 1.16. The van der Waals surface area contributed by atoms with Crippen molar-refractivity contribution in [3.63, 3.8) is 0 Å². The summed E-state index contributed by atoms with van der Waals surface area (Å²) in [6, 6.07) is 4.85. The maximum Gasteiger partial charge on any atom is 0.307 e. The highest BCUT2D eigenvalue weighted by atomic mass is 16.7. The number of carbonyl (C=O) groups excluding carboxylic acids is 2. The SMILES string of the molecule is COC(=O)CC(NC(C)=O)c1ccc2c(c1)OCO2. The molecule has 102 valence electrons. The van der Waals surface area contributed by atoms with Crippen molar-refractivity contribution in [1.29, 1.82) is 0 Å². The number of carbonyl (C=O) groups is 2. The van der Waals surface area contributed by atoms with Gasteiger partial charge in [-0.15, -0.1) is 0 Å². The second kappa shape index (κ2) is 5.60. The highest BCUT2D eigenvalue weighted by Gasteiger charge is 2.21. The van der Waals surface area contributed by atoms with Crippen LogP contribution in [0.3, 0.4) is 0 Å². The lowest BCUT2D eigenvalue weighted by Crippen LogP contribution is -2.28. The molecule has 0 aromatic heterocycles. The number of methoxy groups -OCH3 is 1. The molecule has 0 bridgehead atoms. The summed E-state index contributed by atoms with van der Waals surface area (Å²) in [6.07, 6.45) is 0.0652. The summed E-state index contributed by atoms with van der Waals surface area (Å²) in [5.41, 5.74) is 0.768. The van der Waals surface area contributed by atoms with Gasteiger partial charge in [0.15, 0.2) is 11.5 Å². The first kappa shape index (κ1) is 13.2. The number of ether oxygens (including phenoxy) is 3. The maximum absolute atomic E-state index is 11.4. The van der Waals surface area contributed by atoms with Gasteiger partial charge >= 0.3 is 5.97 Å². The van der Waals surface area contributed by atoms with Gasteiger partial charge < -0.3 is 19.5 Å². The molecule has 1 atom stereocenters. The minimum atomic E-state index is -0.445. The molecule has 6 heteroatoms. The first-order chi connectivity index (χ1) is 9.10. The van der Waals surface area contributed by atoms with E-state index in [-0.39, 0.29) is 19.1 Å². The monoisotopic (exact) mass is 265 g/mol. The van der Waals surface area contributed by atoms with E-state index in [1.54, 1.807) is 18.2 Å². The van der Waals surface area contributed by atoms with Crippen LogP contribution in [0.1, 0.15) is 24.9 Å². The molecule has 1 amide bonds. The number of esters is 1. The molecule has 1 aromatic rings. The van der Waals surface area contributed by atoms with Crippen molar-refractivity contribution in [2.75, 3.05) is 13.9 Å². The Morgan fingerprint density at radius 3 is 2.79 bits per heavy atom. The molecule has 1 unspecified atom stereocenters. The Kier molecular flexibility index (Phi) is 3.89. The van der Waals surface area contributed by atoms with Gasteiger partial charge in [0.1, 0.15) is 0 Å². The molecule has 2 rings (SSSR count). The van der Waals surface area contributed by atoms with E-state index in [9.17, 15) is 9.59 Å². The molecule has 1 aliphatic heterocycles. The maximum atomic E-state index is 11.4. The van der Waals surface area contributed by atoms with Crippen LogP contribution in [0, 0.1) is 0 Å². The quantitative estimate of drug-likeness (QED) is 0.827. The molecule has 1 N–H and O–H groups in total. The van der Waals surface area contributed by atoms with E-state index in [1.807, 2.05) is 0 Å². The fourth-order valence-electron chi connectivity index (χ4n) is 1.88. The third-order valence-corrected chi connectivity index (χ3v) is 2.77. The zero-order valence-electron chi connectivity index (χ0n) is 10.8. The van der Waals surface area contributed by atoms with Crippen LogP contribution < -0.4 is 14.8 Å². The smallest absolute Gasteiger partial charge is 0.307 e. The van der Waals surface area contributed by atoms with Crippen molar-refractivity contribution in [3.05, 3.63) is 23.8 Å². The fourth-order valence-corrected chi connectivity index (χ4v) is 1.88. The van der Waals surface area contributed by atoms with Crippen LogP contribution in [0.5, 0.6) is 11.5 Å². The van der Waals surface area contributed by atoms with Crippen LogP contribution in [0.25, 0.3) is 0 Å². The third-order valence-electron chi connectivity index (χ3n) is 2.77. The van der Waals surface area contributed by atoms with E-state index < -0.39 is 12.0 Å². The first-order valence-corrected chi connectivity index (χ1v) is 5.83. The minimum absolute atomic E-state index is 0.0652. The highest BCUT2D eigenvalue weighted by molar-refractivity contribution is 5.76. The number of fused-ring (bicyclic) bond motifs is 1. The van der Waals surface area contributed by atoms with E-state index in [0.717, 1.165) is 5.56 Å². The summed E-state index contributed by atoms with van der Waals surface area (Å²) in [6.45, 7) is 1.58. The standard InChI is InChI=1S/C13H15NO5/c1-8(15)14-10(6-13(16)17-2)9-3-4-11-12(5-9)19-7-18-11/h3-5,10H,6-7H2,1-2H3,(H,14,15). The molecule has 19 heavy (non-hydrogen) atoms. The topological polar surface area (TPSA) is 73.9 Å². The lowest BCUT2D eigenvalue weighted by Gasteiger charge is -2.17.